The molecule has 2 heteroatoms. The topological polar surface area (TPSA) is 26.3 Å². The van der Waals surface area contributed by atoms with Crippen LogP contribution in [0.3, 0.4) is 0 Å². The van der Waals surface area contributed by atoms with Crippen LogP contribution in [0, 0.1) is 17.8 Å². The minimum absolute atomic E-state index is 0.00163. The van der Waals surface area contributed by atoms with Gasteiger partial charge in [0, 0.05) is 6.42 Å². The summed E-state index contributed by atoms with van der Waals surface area (Å²) in [5.41, 5.74) is -0.334. The van der Waals surface area contributed by atoms with E-state index in [2.05, 4.69) is 0 Å². The van der Waals surface area contributed by atoms with Crippen molar-refractivity contribution in [3.8, 4) is 0 Å². The van der Waals surface area contributed by atoms with Crippen LogP contribution in [-0.4, -0.2) is 11.6 Å². The second kappa shape index (κ2) is 5.63. The summed E-state index contributed by atoms with van der Waals surface area (Å²) in [6.45, 7) is 5.84. The number of rotatable bonds is 2. The fourth-order valence-electron chi connectivity index (χ4n) is 3.77. The van der Waals surface area contributed by atoms with E-state index in [1.807, 2.05) is 20.8 Å². The second-order valence-corrected chi connectivity index (χ2v) is 7.27. The molecule has 2 aliphatic rings. The van der Waals surface area contributed by atoms with E-state index in [0.29, 0.717) is 12.3 Å². The first-order chi connectivity index (χ1) is 8.44. The van der Waals surface area contributed by atoms with Gasteiger partial charge in [0.05, 0.1) is 0 Å². The van der Waals surface area contributed by atoms with Crippen LogP contribution >= 0.6 is 0 Å². The Hall–Kier alpha value is -0.530. The summed E-state index contributed by atoms with van der Waals surface area (Å²) in [6, 6.07) is 0. The second-order valence-electron chi connectivity index (χ2n) is 7.27. The minimum atomic E-state index is -0.334. The summed E-state index contributed by atoms with van der Waals surface area (Å²) in [7, 11) is 0. The lowest BCUT2D eigenvalue weighted by molar-refractivity contribution is -0.156. The summed E-state index contributed by atoms with van der Waals surface area (Å²) in [6.07, 6.45) is 10.2. The molecule has 2 aliphatic carbocycles. The van der Waals surface area contributed by atoms with E-state index in [0.717, 1.165) is 11.8 Å². The highest BCUT2D eigenvalue weighted by Gasteiger charge is 2.33. The highest BCUT2D eigenvalue weighted by atomic mass is 16.6. The normalized spacial score (nSPS) is 32.7. The van der Waals surface area contributed by atoms with E-state index >= 15 is 0 Å². The Morgan fingerprint density at radius 2 is 1.72 bits per heavy atom. The van der Waals surface area contributed by atoms with Gasteiger partial charge in [-0.1, -0.05) is 25.7 Å². The summed E-state index contributed by atoms with van der Waals surface area (Å²) in [4.78, 5) is 11.9. The highest BCUT2D eigenvalue weighted by Crippen LogP contribution is 2.43. The number of ether oxygens (including phenoxy) is 1. The molecular weight excluding hydrogens is 224 g/mol. The SMILES string of the molecule is CC(C)(C)OC(=O)CC1CCC2CCCCC2C1. The van der Waals surface area contributed by atoms with E-state index in [9.17, 15) is 4.79 Å². The molecule has 2 nitrogen and oxygen atoms in total. The number of hydrogen-bond donors (Lipinski definition) is 0. The van der Waals surface area contributed by atoms with Crippen molar-refractivity contribution in [2.75, 3.05) is 0 Å². The number of esters is 1. The van der Waals surface area contributed by atoms with Crippen LogP contribution in [0.1, 0.15) is 72.1 Å². The molecule has 0 N–H and O–H groups in total. The largest absolute Gasteiger partial charge is 0.460 e. The van der Waals surface area contributed by atoms with E-state index < -0.39 is 0 Å². The quantitative estimate of drug-likeness (QED) is 0.684. The molecule has 0 aliphatic heterocycles. The number of fused-ring (bicyclic) bond motifs is 1. The van der Waals surface area contributed by atoms with Crippen molar-refractivity contribution in [3.63, 3.8) is 0 Å². The summed E-state index contributed by atoms with van der Waals surface area (Å²) in [5, 5.41) is 0. The van der Waals surface area contributed by atoms with Gasteiger partial charge >= 0.3 is 5.97 Å². The first kappa shape index (κ1) is 13.9. The van der Waals surface area contributed by atoms with Crippen LogP contribution in [0.5, 0.6) is 0 Å². The van der Waals surface area contributed by atoms with E-state index in [-0.39, 0.29) is 11.6 Å². The smallest absolute Gasteiger partial charge is 0.306 e. The average molecular weight is 252 g/mol. The molecule has 0 aromatic rings. The van der Waals surface area contributed by atoms with Crippen molar-refractivity contribution >= 4 is 5.97 Å². The monoisotopic (exact) mass is 252 g/mol. The number of carbonyl (C=O) groups excluding carboxylic acids is 1. The van der Waals surface area contributed by atoms with Gasteiger partial charge in [-0.25, -0.2) is 0 Å². The summed E-state index contributed by atoms with van der Waals surface area (Å²) < 4.78 is 5.44. The maximum absolute atomic E-state index is 11.9. The Balaban J connectivity index is 1.79. The fraction of sp³-hybridized carbons (Fsp3) is 0.938. The van der Waals surface area contributed by atoms with Crippen molar-refractivity contribution in [1.82, 2.24) is 0 Å². The zero-order valence-electron chi connectivity index (χ0n) is 12.2. The minimum Gasteiger partial charge on any atom is -0.460 e. The van der Waals surface area contributed by atoms with Crippen molar-refractivity contribution in [2.45, 2.75) is 77.7 Å². The van der Waals surface area contributed by atoms with Crippen molar-refractivity contribution in [1.29, 1.82) is 0 Å². The molecule has 18 heavy (non-hydrogen) atoms. The molecule has 0 bridgehead atoms. The Morgan fingerprint density at radius 3 is 2.39 bits per heavy atom. The van der Waals surface area contributed by atoms with Crippen LogP contribution in [-0.2, 0) is 9.53 Å². The van der Waals surface area contributed by atoms with Gasteiger partial charge in [-0.15, -0.1) is 0 Å². The number of carbonyl (C=O) groups is 1. The Labute approximate surface area is 111 Å². The first-order valence-corrected chi connectivity index (χ1v) is 7.66. The lowest BCUT2D eigenvalue weighted by Gasteiger charge is -2.39. The van der Waals surface area contributed by atoms with Crippen molar-refractivity contribution < 1.29 is 9.53 Å². The third-order valence-electron chi connectivity index (χ3n) is 4.52. The van der Waals surface area contributed by atoms with Gasteiger partial charge in [-0.05, 0) is 57.8 Å². The maximum Gasteiger partial charge on any atom is 0.306 e. The van der Waals surface area contributed by atoms with Gasteiger partial charge in [0.25, 0.3) is 0 Å². The Kier molecular flexibility index (Phi) is 4.34. The lowest BCUT2D eigenvalue weighted by Crippen LogP contribution is -2.30. The Bertz CT molecular complexity index is 290. The molecule has 3 atom stereocenters. The van der Waals surface area contributed by atoms with Crippen LogP contribution < -0.4 is 0 Å². The third-order valence-corrected chi connectivity index (χ3v) is 4.52. The fourth-order valence-corrected chi connectivity index (χ4v) is 3.77. The van der Waals surface area contributed by atoms with Crippen molar-refractivity contribution in [3.05, 3.63) is 0 Å². The first-order valence-electron chi connectivity index (χ1n) is 7.66. The molecule has 2 saturated carbocycles. The van der Waals surface area contributed by atoms with Gasteiger partial charge in [-0.3, -0.25) is 4.79 Å². The predicted octanol–water partition coefficient (Wildman–Crippen LogP) is 4.32. The molecule has 0 aromatic heterocycles. The summed E-state index contributed by atoms with van der Waals surface area (Å²) in [5.74, 6) is 2.45. The van der Waals surface area contributed by atoms with Crippen LogP contribution in [0.2, 0.25) is 0 Å². The van der Waals surface area contributed by atoms with Gasteiger partial charge in [0.15, 0.2) is 0 Å². The van der Waals surface area contributed by atoms with Crippen LogP contribution in [0.4, 0.5) is 0 Å². The average Bonchev–Trinajstić information content (AvgIpc) is 2.26. The third kappa shape index (κ3) is 4.00. The van der Waals surface area contributed by atoms with Gasteiger partial charge in [0.2, 0.25) is 0 Å². The zero-order chi connectivity index (χ0) is 13.2. The molecular formula is C16H28O2. The molecule has 0 heterocycles. The van der Waals surface area contributed by atoms with E-state index in [4.69, 9.17) is 4.74 Å². The molecule has 0 aromatic carbocycles. The van der Waals surface area contributed by atoms with E-state index in [1.165, 1.54) is 44.9 Å². The van der Waals surface area contributed by atoms with Crippen molar-refractivity contribution in [2.24, 2.45) is 17.8 Å². The molecule has 0 saturated heterocycles. The van der Waals surface area contributed by atoms with E-state index in [1.54, 1.807) is 0 Å². The van der Waals surface area contributed by atoms with Gasteiger partial charge in [-0.2, -0.15) is 0 Å². The van der Waals surface area contributed by atoms with Crippen LogP contribution in [0.15, 0.2) is 0 Å². The molecule has 3 unspecified atom stereocenters. The van der Waals surface area contributed by atoms with Crippen LogP contribution in [0.25, 0.3) is 0 Å². The molecule has 0 spiro atoms. The molecule has 104 valence electrons. The predicted molar refractivity (Wildman–Crippen MR) is 73.3 cm³/mol. The number of hydrogen-bond acceptors (Lipinski definition) is 2. The summed E-state index contributed by atoms with van der Waals surface area (Å²) >= 11 is 0. The zero-order valence-corrected chi connectivity index (χ0v) is 12.2. The maximum atomic E-state index is 11.9. The molecule has 2 rings (SSSR count). The molecule has 0 radical (unpaired) electrons. The van der Waals surface area contributed by atoms with Gasteiger partial charge < -0.3 is 4.74 Å². The highest BCUT2D eigenvalue weighted by molar-refractivity contribution is 5.70. The lowest BCUT2D eigenvalue weighted by atomic mass is 9.67. The Morgan fingerprint density at radius 1 is 1.06 bits per heavy atom. The molecule has 2 fully saturated rings. The van der Waals surface area contributed by atoms with Gasteiger partial charge in [0.1, 0.15) is 5.60 Å². The molecule has 0 amide bonds. The standard InChI is InChI=1S/C16H28O2/c1-16(2,3)18-15(17)11-12-8-9-13-6-4-5-7-14(13)10-12/h12-14H,4-11H2,1-3H3.